The number of benzene rings is 1. The summed E-state index contributed by atoms with van der Waals surface area (Å²) in [6.45, 7) is 0. The van der Waals surface area contributed by atoms with Crippen LogP contribution in [0.5, 0.6) is 0 Å². The molecule has 8 heteroatoms. The fraction of sp³-hybridized carbons (Fsp3) is 0.250. The zero-order valence-electron chi connectivity index (χ0n) is 15.0. The van der Waals surface area contributed by atoms with Gasteiger partial charge in [0, 0.05) is 10.9 Å². The molecule has 1 heterocycles. The van der Waals surface area contributed by atoms with Gasteiger partial charge in [-0.2, -0.15) is 0 Å². The second-order valence-electron chi connectivity index (χ2n) is 6.34. The van der Waals surface area contributed by atoms with Crippen LogP contribution >= 0.6 is 11.3 Å². The summed E-state index contributed by atoms with van der Waals surface area (Å²) in [6.07, 6.45) is 4.12. The summed E-state index contributed by atoms with van der Waals surface area (Å²) in [5.74, 6) is -4.09. The van der Waals surface area contributed by atoms with Crippen LogP contribution in [0.25, 0.3) is 11.1 Å². The Hall–Kier alpha value is -3.00. The van der Waals surface area contributed by atoms with Gasteiger partial charge in [-0.1, -0.05) is 24.3 Å². The molecule has 1 aromatic heterocycles. The van der Waals surface area contributed by atoms with Crippen molar-refractivity contribution in [3.05, 3.63) is 53.2 Å². The summed E-state index contributed by atoms with van der Waals surface area (Å²) in [7, 11) is 1.23. The van der Waals surface area contributed by atoms with Crippen molar-refractivity contribution in [3.63, 3.8) is 0 Å². The first-order chi connectivity index (χ1) is 13.4. The molecule has 2 N–H and O–H groups in total. The Morgan fingerprint density at radius 2 is 1.79 bits per heavy atom. The van der Waals surface area contributed by atoms with Crippen LogP contribution in [0.3, 0.4) is 0 Å². The van der Waals surface area contributed by atoms with Gasteiger partial charge in [0.25, 0.3) is 0 Å². The van der Waals surface area contributed by atoms with Crippen LogP contribution in [0.2, 0.25) is 0 Å². The molecule has 0 unspecified atom stereocenters. The third-order valence-corrected chi connectivity index (χ3v) is 5.55. The van der Waals surface area contributed by atoms with E-state index in [-0.39, 0.29) is 17.0 Å². The van der Waals surface area contributed by atoms with Gasteiger partial charge >= 0.3 is 11.9 Å². The fourth-order valence-corrected chi connectivity index (χ4v) is 4.14. The minimum atomic E-state index is -1.03. The number of carboxylic acid groups (broad SMARTS) is 1. The summed E-state index contributed by atoms with van der Waals surface area (Å²) < 4.78 is 18.1. The minimum absolute atomic E-state index is 0.158. The lowest BCUT2D eigenvalue weighted by molar-refractivity contribution is -0.146. The van der Waals surface area contributed by atoms with Gasteiger partial charge in [-0.15, -0.1) is 11.3 Å². The summed E-state index contributed by atoms with van der Waals surface area (Å²) in [6, 6.07) is 5.61. The van der Waals surface area contributed by atoms with E-state index < -0.39 is 35.5 Å². The molecule has 1 aromatic carbocycles. The minimum Gasteiger partial charge on any atom is -0.481 e. The number of amides is 1. The van der Waals surface area contributed by atoms with Crippen LogP contribution in [0.4, 0.5) is 9.39 Å². The van der Waals surface area contributed by atoms with E-state index >= 15 is 0 Å². The number of thiophene rings is 1. The molecule has 0 fully saturated rings. The van der Waals surface area contributed by atoms with Crippen molar-refractivity contribution in [3.8, 4) is 11.1 Å². The zero-order valence-corrected chi connectivity index (χ0v) is 15.8. The van der Waals surface area contributed by atoms with E-state index in [1.165, 1.54) is 31.4 Å². The average Bonchev–Trinajstić information content (AvgIpc) is 3.11. The zero-order chi connectivity index (χ0) is 20.3. The van der Waals surface area contributed by atoms with Crippen molar-refractivity contribution in [2.75, 3.05) is 12.4 Å². The van der Waals surface area contributed by atoms with Crippen molar-refractivity contribution in [1.29, 1.82) is 0 Å². The van der Waals surface area contributed by atoms with Crippen LogP contribution in [0, 0.1) is 17.7 Å². The van der Waals surface area contributed by atoms with E-state index in [2.05, 4.69) is 5.32 Å². The number of nitrogens with one attached hydrogen (secondary N) is 1. The first-order valence-electron chi connectivity index (χ1n) is 8.56. The van der Waals surface area contributed by atoms with Gasteiger partial charge in [0.2, 0.25) is 5.91 Å². The maximum absolute atomic E-state index is 13.2. The summed E-state index contributed by atoms with van der Waals surface area (Å²) in [5, 5.41) is 14.0. The molecule has 2 aromatic rings. The molecule has 0 saturated carbocycles. The van der Waals surface area contributed by atoms with Gasteiger partial charge in [-0.3, -0.25) is 9.59 Å². The highest BCUT2D eigenvalue weighted by atomic mass is 32.1. The Kier molecular flexibility index (Phi) is 5.89. The number of hydrogen-bond donors (Lipinski definition) is 2. The van der Waals surface area contributed by atoms with Crippen LogP contribution in [0.1, 0.15) is 23.2 Å². The number of halogens is 1. The summed E-state index contributed by atoms with van der Waals surface area (Å²) >= 11 is 1.13. The Balaban J connectivity index is 1.92. The van der Waals surface area contributed by atoms with Crippen molar-refractivity contribution in [2.24, 2.45) is 11.8 Å². The molecule has 0 aliphatic heterocycles. The van der Waals surface area contributed by atoms with Crippen LogP contribution < -0.4 is 5.32 Å². The highest BCUT2D eigenvalue weighted by Gasteiger charge is 2.35. The number of carbonyl (C=O) groups excluding carboxylic acids is 2. The summed E-state index contributed by atoms with van der Waals surface area (Å²) in [4.78, 5) is 36.5. The van der Waals surface area contributed by atoms with E-state index in [1.54, 1.807) is 17.5 Å². The number of ether oxygens (including phenoxy) is 1. The maximum atomic E-state index is 13.2. The van der Waals surface area contributed by atoms with Crippen LogP contribution in [-0.2, 0) is 14.3 Å². The van der Waals surface area contributed by atoms with Crippen molar-refractivity contribution < 1.29 is 28.6 Å². The largest absolute Gasteiger partial charge is 0.481 e. The number of allylic oxidation sites excluding steroid dienone is 2. The number of aliphatic carboxylic acids is 1. The Morgan fingerprint density at radius 3 is 2.39 bits per heavy atom. The first-order valence-corrected chi connectivity index (χ1v) is 9.44. The Bertz CT molecular complexity index is 935. The number of hydrogen-bond acceptors (Lipinski definition) is 5. The predicted molar refractivity (Wildman–Crippen MR) is 103 cm³/mol. The molecule has 0 bridgehead atoms. The Labute approximate surface area is 164 Å². The fourth-order valence-electron chi connectivity index (χ4n) is 3.18. The van der Waals surface area contributed by atoms with Gasteiger partial charge in [-0.05, 0) is 30.5 Å². The highest BCUT2D eigenvalue weighted by molar-refractivity contribution is 7.15. The number of rotatable bonds is 5. The normalized spacial score (nSPS) is 18.5. The lowest BCUT2D eigenvalue weighted by Gasteiger charge is -2.24. The lowest BCUT2D eigenvalue weighted by atomic mass is 9.82. The van der Waals surface area contributed by atoms with Crippen molar-refractivity contribution in [1.82, 2.24) is 0 Å². The molecular weight excluding hydrogens is 385 g/mol. The van der Waals surface area contributed by atoms with Crippen LogP contribution in [0.15, 0.2) is 41.8 Å². The Morgan fingerprint density at radius 1 is 1.14 bits per heavy atom. The predicted octanol–water partition coefficient (Wildman–Crippen LogP) is 3.95. The molecule has 1 aliphatic carbocycles. The van der Waals surface area contributed by atoms with Gasteiger partial charge < -0.3 is 15.2 Å². The SMILES string of the molecule is COC(=O)c1c(-c2ccc(F)cc2)csc1NC(=O)[C@@H]1CC=CC[C@H]1C(=O)O. The molecule has 28 heavy (non-hydrogen) atoms. The molecule has 2 atom stereocenters. The number of carbonyl (C=O) groups is 3. The molecule has 0 radical (unpaired) electrons. The molecule has 3 rings (SSSR count). The number of methoxy groups -OCH3 is 1. The van der Waals surface area contributed by atoms with E-state index in [0.29, 0.717) is 17.5 Å². The third kappa shape index (κ3) is 3.96. The van der Waals surface area contributed by atoms with Gasteiger partial charge in [0.05, 0.1) is 18.9 Å². The first kappa shape index (κ1) is 19.8. The topological polar surface area (TPSA) is 92.7 Å². The van der Waals surface area contributed by atoms with Crippen LogP contribution in [-0.4, -0.2) is 30.1 Å². The highest BCUT2D eigenvalue weighted by Crippen LogP contribution is 2.37. The molecule has 6 nitrogen and oxygen atoms in total. The van der Waals surface area contributed by atoms with E-state index in [1.807, 2.05) is 0 Å². The van der Waals surface area contributed by atoms with Crippen molar-refractivity contribution >= 4 is 34.2 Å². The molecule has 0 spiro atoms. The molecular formula is C20H18FNO5S. The molecule has 146 valence electrons. The quantitative estimate of drug-likeness (QED) is 0.583. The third-order valence-electron chi connectivity index (χ3n) is 4.66. The van der Waals surface area contributed by atoms with E-state index in [4.69, 9.17) is 4.74 Å². The van der Waals surface area contributed by atoms with E-state index in [0.717, 1.165) is 11.3 Å². The number of esters is 1. The lowest BCUT2D eigenvalue weighted by Crippen LogP contribution is -2.34. The van der Waals surface area contributed by atoms with Gasteiger partial charge in [0.15, 0.2) is 0 Å². The monoisotopic (exact) mass is 403 g/mol. The van der Waals surface area contributed by atoms with Gasteiger partial charge in [0.1, 0.15) is 16.4 Å². The molecule has 1 amide bonds. The smallest absolute Gasteiger partial charge is 0.341 e. The second kappa shape index (κ2) is 8.35. The average molecular weight is 403 g/mol. The maximum Gasteiger partial charge on any atom is 0.341 e. The van der Waals surface area contributed by atoms with Gasteiger partial charge in [-0.25, -0.2) is 9.18 Å². The number of anilines is 1. The number of carboxylic acids is 1. The second-order valence-corrected chi connectivity index (χ2v) is 7.21. The van der Waals surface area contributed by atoms with Crippen molar-refractivity contribution in [2.45, 2.75) is 12.8 Å². The van der Waals surface area contributed by atoms with E-state index in [9.17, 15) is 23.9 Å². The molecule has 0 saturated heterocycles. The molecule has 1 aliphatic rings. The standard InChI is InChI=1S/C20H18FNO5S/c1-27-20(26)16-15(11-6-8-12(21)9-7-11)10-28-18(16)22-17(23)13-4-2-3-5-14(13)19(24)25/h2-3,6-10,13-14H,4-5H2,1H3,(H,22,23)(H,24,25)/t13-,14-/m1/s1. The summed E-state index contributed by atoms with van der Waals surface area (Å²) in [5.41, 5.74) is 1.26.